The Labute approximate surface area is 182 Å². The molecule has 0 aliphatic carbocycles. The minimum Gasteiger partial charge on any atom is -0.282 e. The molecule has 0 bridgehead atoms. The maximum Gasteiger partial charge on any atom is 0.294 e. The van der Waals surface area contributed by atoms with Gasteiger partial charge in [0.25, 0.3) is 21.7 Å². The van der Waals surface area contributed by atoms with Crippen molar-refractivity contribution in [2.45, 2.75) is 4.90 Å². The van der Waals surface area contributed by atoms with Gasteiger partial charge in [0.05, 0.1) is 15.5 Å². The standard InChI is InChI=1S/C22H15N3O6S/c26-22-20(14-15-6-8-18(9-7-15)25(27)28)23-21(16-4-2-1-3-5-16)24(22)17-10-12-19(13-11-17)32(29,30)31/h1-14H,(H,29,30,31)/b20-14-. The molecule has 0 aromatic heterocycles. The Balaban J connectivity index is 1.77. The number of hydrogen-bond acceptors (Lipinski definition) is 6. The molecule has 9 nitrogen and oxygen atoms in total. The molecule has 0 unspecified atom stereocenters. The lowest BCUT2D eigenvalue weighted by Gasteiger charge is -2.18. The molecule has 32 heavy (non-hydrogen) atoms. The highest BCUT2D eigenvalue weighted by Crippen LogP contribution is 2.29. The van der Waals surface area contributed by atoms with Crippen LogP contribution in [-0.2, 0) is 14.9 Å². The van der Waals surface area contributed by atoms with Gasteiger partial charge in [0, 0.05) is 17.7 Å². The molecule has 1 aliphatic heterocycles. The van der Waals surface area contributed by atoms with E-state index in [1.54, 1.807) is 24.3 Å². The van der Waals surface area contributed by atoms with Crippen LogP contribution >= 0.6 is 0 Å². The van der Waals surface area contributed by atoms with Gasteiger partial charge in [0.15, 0.2) is 0 Å². The van der Waals surface area contributed by atoms with Crippen LogP contribution in [0.1, 0.15) is 11.1 Å². The van der Waals surface area contributed by atoms with Gasteiger partial charge in [-0.2, -0.15) is 8.42 Å². The van der Waals surface area contributed by atoms with Crippen molar-refractivity contribution in [3.8, 4) is 0 Å². The molecule has 1 aliphatic rings. The van der Waals surface area contributed by atoms with Gasteiger partial charge >= 0.3 is 0 Å². The fourth-order valence-electron chi connectivity index (χ4n) is 3.15. The molecular weight excluding hydrogens is 434 g/mol. The van der Waals surface area contributed by atoms with Gasteiger partial charge < -0.3 is 0 Å². The van der Waals surface area contributed by atoms with E-state index in [2.05, 4.69) is 4.99 Å². The van der Waals surface area contributed by atoms with Crippen molar-refractivity contribution >= 4 is 39.3 Å². The molecule has 0 saturated heterocycles. The number of anilines is 1. The van der Waals surface area contributed by atoms with Gasteiger partial charge in [-0.1, -0.05) is 30.3 Å². The molecular formula is C22H15N3O6S. The molecule has 0 fully saturated rings. The number of carbonyl (C=O) groups is 1. The topological polar surface area (TPSA) is 130 Å². The maximum atomic E-state index is 13.2. The second kappa shape index (κ2) is 8.17. The number of nitro groups is 1. The molecule has 0 radical (unpaired) electrons. The van der Waals surface area contributed by atoms with E-state index in [-0.39, 0.29) is 16.3 Å². The summed E-state index contributed by atoms with van der Waals surface area (Å²) >= 11 is 0. The maximum absolute atomic E-state index is 13.2. The average Bonchev–Trinajstić information content (AvgIpc) is 3.10. The third-order valence-electron chi connectivity index (χ3n) is 4.69. The lowest BCUT2D eigenvalue weighted by molar-refractivity contribution is -0.384. The Morgan fingerprint density at radius 3 is 2.12 bits per heavy atom. The van der Waals surface area contributed by atoms with Crippen molar-refractivity contribution in [3.63, 3.8) is 0 Å². The number of aliphatic imine (C=N–C) groups is 1. The number of carbonyl (C=O) groups excluding carboxylic acids is 1. The first-order chi connectivity index (χ1) is 15.2. The molecule has 3 aromatic rings. The molecule has 4 rings (SSSR count). The summed E-state index contributed by atoms with van der Waals surface area (Å²) in [6.45, 7) is 0. The summed E-state index contributed by atoms with van der Waals surface area (Å²) in [5.41, 5.74) is 1.61. The Bertz CT molecular complexity index is 1360. The van der Waals surface area contributed by atoms with Crippen LogP contribution in [0.15, 0.2) is 94.4 Å². The van der Waals surface area contributed by atoms with E-state index < -0.39 is 20.9 Å². The highest BCUT2D eigenvalue weighted by molar-refractivity contribution is 7.85. The molecule has 0 spiro atoms. The third kappa shape index (κ3) is 4.17. The molecule has 0 saturated carbocycles. The summed E-state index contributed by atoms with van der Waals surface area (Å²) in [7, 11) is -4.38. The van der Waals surface area contributed by atoms with Crippen LogP contribution < -0.4 is 4.90 Å². The molecule has 0 atom stereocenters. The van der Waals surface area contributed by atoms with E-state index in [0.29, 0.717) is 22.6 Å². The smallest absolute Gasteiger partial charge is 0.282 e. The summed E-state index contributed by atoms with van der Waals surface area (Å²) in [5, 5.41) is 10.8. The number of rotatable bonds is 5. The Hall–Kier alpha value is -4.15. The van der Waals surface area contributed by atoms with Crippen LogP contribution in [0, 0.1) is 10.1 Å². The fraction of sp³-hybridized carbons (Fsp3) is 0. The van der Waals surface area contributed by atoms with Crippen molar-refractivity contribution in [2.24, 2.45) is 4.99 Å². The number of hydrogen-bond donors (Lipinski definition) is 1. The minimum absolute atomic E-state index is 0.0704. The summed E-state index contributed by atoms with van der Waals surface area (Å²) in [6, 6.07) is 19.8. The molecule has 1 amide bonds. The third-order valence-corrected chi connectivity index (χ3v) is 5.56. The van der Waals surface area contributed by atoms with Crippen LogP contribution in [0.5, 0.6) is 0 Å². The van der Waals surface area contributed by atoms with Gasteiger partial charge in [-0.05, 0) is 48.0 Å². The zero-order chi connectivity index (χ0) is 22.9. The fourth-order valence-corrected chi connectivity index (χ4v) is 3.63. The van der Waals surface area contributed by atoms with Crippen LogP contribution in [0.2, 0.25) is 0 Å². The molecule has 3 aromatic carbocycles. The molecule has 1 N–H and O–H groups in total. The summed E-state index contributed by atoms with van der Waals surface area (Å²) < 4.78 is 31.9. The predicted molar refractivity (Wildman–Crippen MR) is 118 cm³/mol. The van der Waals surface area contributed by atoms with Crippen molar-refractivity contribution in [1.82, 2.24) is 0 Å². The van der Waals surface area contributed by atoms with Crippen molar-refractivity contribution in [1.29, 1.82) is 0 Å². The van der Waals surface area contributed by atoms with Crippen molar-refractivity contribution in [3.05, 3.63) is 106 Å². The zero-order valence-electron chi connectivity index (χ0n) is 16.3. The Kier molecular flexibility index (Phi) is 5.39. The quantitative estimate of drug-likeness (QED) is 0.274. The van der Waals surface area contributed by atoms with E-state index in [0.717, 1.165) is 0 Å². The van der Waals surface area contributed by atoms with E-state index in [1.165, 1.54) is 59.5 Å². The number of amides is 1. The number of non-ortho nitro benzene ring substituents is 1. The molecule has 160 valence electrons. The second-order valence-electron chi connectivity index (χ2n) is 6.79. The molecule has 10 heteroatoms. The lowest BCUT2D eigenvalue weighted by atomic mass is 10.1. The Morgan fingerprint density at radius 2 is 1.56 bits per heavy atom. The zero-order valence-corrected chi connectivity index (χ0v) is 17.1. The van der Waals surface area contributed by atoms with E-state index in [4.69, 9.17) is 0 Å². The van der Waals surface area contributed by atoms with Crippen LogP contribution in [0.4, 0.5) is 11.4 Å². The van der Waals surface area contributed by atoms with Gasteiger partial charge in [-0.25, -0.2) is 4.99 Å². The largest absolute Gasteiger partial charge is 0.294 e. The first-order valence-corrected chi connectivity index (χ1v) is 10.7. The number of nitrogens with zero attached hydrogens (tertiary/aromatic N) is 3. The van der Waals surface area contributed by atoms with Gasteiger partial charge in [-0.3, -0.25) is 24.4 Å². The van der Waals surface area contributed by atoms with E-state index >= 15 is 0 Å². The highest BCUT2D eigenvalue weighted by Gasteiger charge is 2.32. The minimum atomic E-state index is -4.38. The first-order valence-electron chi connectivity index (χ1n) is 9.26. The normalized spacial score (nSPS) is 15.2. The lowest BCUT2D eigenvalue weighted by Crippen LogP contribution is -2.32. The summed E-state index contributed by atoms with van der Waals surface area (Å²) in [4.78, 5) is 29.1. The van der Waals surface area contributed by atoms with Gasteiger partial charge in [0.2, 0.25) is 0 Å². The summed E-state index contributed by atoms with van der Waals surface area (Å²) in [5.74, 6) is -0.120. The van der Waals surface area contributed by atoms with Gasteiger partial charge in [0.1, 0.15) is 11.5 Å². The first kappa shape index (κ1) is 21.1. The number of amidine groups is 1. The second-order valence-corrected chi connectivity index (χ2v) is 8.21. The number of benzene rings is 3. The van der Waals surface area contributed by atoms with Crippen LogP contribution in [0.3, 0.4) is 0 Å². The van der Waals surface area contributed by atoms with Crippen LogP contribution in [-0.4, -0.2) is 29.6 Å². The van der Waals surface area contributed by atoms with Crippen molar-refractivity contribution < 1.29 is 22.7 Å². The summed E-state index contributed by atoms with van der Waals surface area (Å²) in [6.07, 6.45) is 1.52. The van der Waals surface area contributed by atoms with Crippen molar-refractivity contribution in [2.75, 3.05) is 4.90 Å². The number of nitro benzene ring substituents is 1. The average molecular weight is 449 g/mol. The monoisotopic (exact) mass is 449 g/mol. The Morgan fingerprint density at radius 1 is 0.938 bits per heavy atom. The van der Waals surface area contributed by atoms with E-state index in [9.17, 15) is 27.9 Å². The van der Waals surface area contributed by atoms with E-state index in [1.807, 2.05) is 6.07 Å². The predicted octanol–water partition coefficient (Wildman–Crippen LogP) is 3.68. The SMILES string of the molecule is O=C1/C(=C/c2ccc([N+](=O)[O-])cc2)N=C(c2ccccc2)N1c1ccc(S(=O)(=O)O)cc1. The highest BCUT2D eigenvalue weighted by atomic mass is 32.2. The molecule has 1 heterocycles. The van der Waals surface area contributed by atoms with Gasteiger partial charge in [-0.15, -0.1) is 0 Å². The van der Waals surface area contributed by atoms with Crippen LogP contribution in [0.25, 0.3) is 6.08 Å².